The van der Waals surface area contributed by atoms with Crippen molar-refractivity contribution in [3.8, 4) is 22.1 Å². The average molecular weight is 381 g/mol. The molecule has 0 atom stereocenters. The Bertz CT molecular complexity index is 934. The molecule has 0 aliphatic carbocycles. The minimum absolute atomic E-state index is 0.131. The molecule has 0 fully saturated rings. The van der Waals surface area contributed by atoms with Crippen LogP contribution in [0.5, 0.6) is 11.5 Å². The Kier molecular flexibility index (Phi) is 6.22. The highest BCUT2D eigenvalue weighted by Gasteiger charge is 2.07. The number of benzene rings is 2. The van der Waals surface area contributed by atoms with Crippen molar-refractivity contribution in [3.63, 3.8) is 0 Å². The lowest BCUT2D eigenvalue weighted by Crippen LogP contribution is -2.01. The van der Waals surface area contributed by atoms with Crippen LogP contribution < -0.4 is 9.47 Å². The van der Waals surface area contributed by atoms with Crippen LogP contribution in [0.2, 0.25) is 0 Å². The number of esters is 1. The van der Waals surface area contributed by atoms with Crippen molar-refractivity contribution in [2.75, 3.05) is 14.2 Å². The van der Waals surface area contributed by atoms with Gasteiger partial charge in [0.15, 0.2) is 0 Å². The lowest BCUT2D eigenvalue weighted by atomic mass is 10.2. The van der Waals surface area contributed by atoms with Gasteiger partial charge >= 0.3 is 5.97 Å². The molecule has 1 aromatic heterocycles. The van der Waals surface area contributed by atoms with Gasteiger partial charge in [-0.2, -0.15) is 0 Å². The van der Waals surface area contributed by atoms with Gasteiger partial charge in [-0.1, -0.05) is 30.3 Å². The molecule has 2 aromatic carbocycles. The summed E-state index contributed by atoms with van der Waals surface area (Å²) in [5.74, 6) is 0.858. The number of rotatable bonds is 7. The van der Waals surface area contributed by atoms with Gasteiger partial charge in [-0.05, 0) is 18.2 Å². The zero-order valence-corrected chi connectivity index (χ0v) is 15.9. The Labute approximate surface area is 161 Å². The van der Waals surface area contributed by atoms with Crippen molar-refractivity contribution in [1.29, 1.82) is 0 Å². The minimum atomic E-state index is -0.442. The third-order valence-corrected chi connectivity index (χ3v) is 4.71. The maximum Gasteiger partial charge on any atom is 0.331 e. The van der Waals surface area contributed by atoms with Crippen molar-refractivity contribution in [2.45, 2.75) is 6.61 Å². The number of ether oxygens (including phenoxy) is 3. The smallest absolute Gasteiger partial charge is 0.331 e. The Balaban J connectivity index is 1.59. The lowest BCUT2D eigenvalue weighted by molar-refractivity contribution is -0.139. The van der Waals surface area contributed by atoms with Crippen molar-refractivity contribution in [1.82, 2.24) is 4.98 Å². The summed E-state index contributed by atoms with van der Waals surface area (Å²) < 4.78 is 15.7. The summed E-state index contributed by atoms with van der Waals surface area (Å²) in [6.45, 7) is 0.131. The molecule has 0 spiro atoms. The molecule has 0 bridgehead atoms. The van der Waals surface area contributed by atoms with E-state index in [9.17, 15) is 4.79 Å². The Hall–Kier alpha value is -3.12. The molecule has 0 N–H and O–H groups in total. The molecule has 0 saturated carbocycles. The van der Waals surface area contributed by atoms with Crippen LogP contribution in [-0.4, -0.2) is 25.2 Å². The van der Waals surface area contributed by atoms with Crippen LogP contribution in [0.3, 0.4) is 0 Å². The van der Waals surface area contributed by atoms with Crippen LogP contribution in [0, 0.1) is 0 Å². The standard InChI is InChI=1S/C21H19NO4S/c1-24-18-10-8-15(19(12-18)25-2)9-11-20(23)26-13-17-14-27-21(22-17)16-6-4-3-5-7-16/h3-12,14H,13H2,1-2H3/b11-9+. The predicted molar refractivity (Wildman–Crippen MR) is 106 cm³/mol. The fourth-order valence-corrected chi connectivity index (χ4v) is 3.20. The molecule has 138 valence electrons. The van der Waals surface area contributed by atoms with Crippen LogP contribution in [-0.2, 0) is 16.1 Å². The number of hydrogen-bond acceptors (Lipinski definition) is 6. The monoisotopic (exact) mass is 381 g/mol. The number of methoxy groups -OCH3 is 2. The number of aromatic nitrogens is 1. The van der Waals surface area contributed by atoms with Crippen LogP contribution in [0.25, 0.3) is 16.6 Å². The molecular weight excluding hydrogens is 362 g/mol. The molecular formula is C21H19NO4S. The fourth-order valence-electron chi connectivity index (χ4n) is 2.39. The van der Waals surface area contributed by atoms with Crippen LogP contribution in [0.1, 0.15) is 11.3 Å². The topological polar surface area (TPSA) is 57.7 Å². The zero-order valence-electron chi connectivity index (χ0n) is 15.0. The van der Waals surface area contributed by atoms with E-state index >= 15 is 0 Å². The fraction of sp³-hybridized carbons (Fsp3) is 0.143. The second kappa shape index (κ2) is 9.00. The summed E-state index contributed by atoms with van der Waals surface area (Å²) in [5, 5.41) is 2.80. The van der Waals surface area contributed by atoms with Crippen LogP contribution in [0.4, 0.5) is 0 Å². The van der Waals surface area contributed by atoms with Gasteiger partial charge in [-0.3, -0.25) is 0 Å². The normalized spacial score (nSPS) is 10.7. The second-order valence-corrected chi connectivity index (χ2v) is 6.42. The molecule has 6 heteroatoms. The molecule has 0 saturated heterocycles. The van der Waals surface area contributed by atoms with Gasteiger partial charge in [0.1, 0.15) is 23.1 Å². The van der Waals surface area contributed by atoms with Gasteiger partial charge in [0.25, 0.3) is 0 Å². The van der Waals surface area contributed by atoms with Crippen molar-refractivity contribution in [2.24, 2.45) is 0 Å². The van der Waals surface area contributed by atoms with Gasteiger partial charge in [0, 0.05) is 28.6 Å². The van der Waals surface area contributed by atoms with E-state index in [1.54, 1.807) is 32.4 Å². The number of hydrogen-bond donors (Lipinski definition) is 0. The lowest BCUT2D eigenvalue weighted by Gasteiger charge is -2.07. The number of thiazole rings is 1. The van der Waals surface area contributed by atoms with Gasteiger partial charge < -0.3 is 14.2 Å². The van der Waals surface area contributed by atoms with Gasteiger partial charge in [0.2, 0.25) is 0 Å². The highest BCUT2D eigenvalue weighted by atomic mass is 32.1. The molecule has 5 nitrogen and oxygen atoms in total. The van der Waals surface area contributed by atoms with Crippen molar-refractivity contribution in [3.05, 3.63) is 71.2 Å². The highest BCUT2D eigenvalue weighted by molar-refractivity contribution is 7.13. The molecule has 0 aliphatic heterocycles. The number of carbonyl (C=O) groups excluding carboxylic acids is 1. The first kappa shape index (κ1) is 18.7. The quantitative estimate of drug-likeness (QED) is 0.443. The van der Waals surface area contributed by atoms with E-state index in [-0.39, 0.29) is 6.61 Å². The summed E-state index contributed by atoms with van der Waals surface area (Å²) >= 11 is 1.52. The van der Waals surface area contributed by atoms with E-state index in [2.05, 4.69) is 4.98 Å². The molecule has 0 aliphatic rings. The van der Waals surface area contributed by atoms with Gasteiger partial charge in [-0.15, -0.1) is 11.3 Å². The van der Waals surface area contributed by atoms with E-state index in [1.807, 2.05) is 41.8 Å². The Morgan fingerprint density at radius 1 is 1.11 bits per heavy atom. The summed E-state index contributed by atoms with van der Waals surface area (Å²) in [6.07, 6.45) is 3.02. The molecule has 0 radical (unpaired) electrons. The Morgan fingerprint density at radius 3 is 2.67 bits per heavy atom. The van der Waals surface area contributed by atoms with Gasteiger partial charge in [-0.25, -0.2) is 9.78 Å². The number of carbonyl (C=O) groups is 1. The summed E-state index contributed by atoms with van der Waals surface area (Å²) in [4.78, 5) is 16.5. The highest BCUT2D eigenvalue weighted by Crippen LogP contribution is 2.26. The molecule has 1 heterocycles. The van der Waals surface area contributed by atoms with Crippen molar-refractivity contribution >= 4 is 23.4 Å². The first-order valence-electron chi connectivity index (χ1n) is 8.26. The summed E-state index contributed by atoms with van der Waals surface area (Å²) in [5.41, 5.74) is 2.53. The summed E-state index contributed by atoms with van der Waals surface area (Å²) in [6, 6.07) is 15.3. The van der Waals surface area contributed by atoms with E-state index in [1.165, 1.54) is 17.4 Å². The first-order chi connectivity index (χ1) is 13.2. The largest absolute Gasteiger partial charge is 0.497 e. The van der Waals surface area contributed by atoms with E-state index in [4.69, 9.17) is 14.2 Å². The maximum atomic E-state index is 12.0. The molecule has 0 unspecified atom stereocenters. The number of nitrogens with zero attached hydrogens (tertiary/aromatic N) is 1. The third-order valence-electron chi connectivity index (χ3n) is 3.77. The van der Waals surface area contributed by atoms with E-state index < -0.39 is 5.97 Å². The second-order valence-electron chi connectivity index (χ2n) is 5.56. The van der Waals surface area contributed by atoms with Crippen LogP contribution >= 0.6 is 11.3 Å². The molecule has 27 heavy (non-hydrogen) atoms. The molecule has 3 rings (SSSR count). The van der Waals surface area contributed by atoms with Crippen molar-refractivity contribution < 1.29 is 19.0 Å². The Morgan fingerprint density at radius 2 is 1.93 bits per heavy atom. The van der Waals surface area contributed by atoms with Gasteiger partial charge in [0.05, 0.1) is 19.9 Å². The maximum absolute atomic E-state index is 12.0. The van der Waals surface area contributed by atoms with E-state index in [0.29, 0.717) is 11.5 Å². The molecule has 0 amide bonds. The predicted octanol–water partition coefficient (Wildman–Crippen LogP) is 4.58. The van der Waals surface area contributed by atoms with E-state index in [0.717, 1.165) is 21.8 Å². The van der Waals surface area contributed by atoms with Crippen LogP contribution in [0.15, 0.2) is 60.0 Å². The first-order valence-corrected chi connectivity index (χ1v) is 9.14. The SMILES string of the molecule is COc1ccc(/C=C/C(=O)OCc2csc(-c3ccccc3)n2)c(OC)c1. The average Bonchev–Trinajstić information content (AvgIpc) is 3.20. The minimum Gasteiger partial charge on any atom is -0.497 e. The summed E-state index contributed by atoms with van der Waals surface area (Å²) in [7, 11) is 3.15. The third kappa shape index (κ3) is 4.95. The molecule has 3 aromatic rings. The zero-order chi connectivity index (χ0) is 19.1.